The molecule has 1 heterocycles. The number of aryl methyl sites for hydroxylation is 2. The van der Waals surface area contributed by atoms with Gasteiger partial charge in [-0.15, -0.1) is 0 Å². The highest BCUT2D eigenvalue weighted by molar-refractivity contribution is 9.10. The van der Waals surface area contributed by atoms with Crippen molar-refractivity contribution in [2.24, 2.45) is 5.73 Å². The van der Waals surface area contributed by atoms with Gasteiger partial charge in [-0.3, -0.25) is 4.68 Å². The minimum atomic E-state index is -0.511. The van der Waals surface area contributed by atoms with Crippen molar-refractivity contribution in [1.29, 1.82) is 0 Å². The van der Waals surface area contributed by atoms with Crippen LogP contribution in [0.2, 0.25) is 0 Å². The highest BCUT2D eigenvalue weighted by Gasteiger charge is 2.18. The highest BCUT2D eigenvalue weighted by atomic mass is 79.9. The normalized spacial score (nSPS) is 12.7. The van der Waals surface area contributed by atoms with Gasteiger partial charge in [0.2, 0.25) is 0 Å². The Balaban J connectivity index is 2.46. The molecule has 2 N–H and O–H groups in total. The number of nitrogens with two attached hydrogens (primary N) is 1. The summed E-state index contributed by atoms with van der Waals surface area (Å²) < 4.78 is 16.4. The zero-order chi connectivity index (χ0) is 13.3. The number of hydrogen-bond acceptors (Lipinski definition) is 2. The maximum atomic E-state index is 13.8. The van der Waals surface area contributed by atoms with Crippen LogP contribution in [0.3, 0.4) is 0 Å². The average Bonchev–Trinajstić information content (AvgIpc) is 2.72. The van der Waals surface area contributed by atoms with Crippen LogP contribution >= 0.6 is 15.9 Å². The van der Waals surface area contributed by atoms with E-state index in [-0.39, 0.29) is 5.82 Å². The summed E-state index contributed by atoms with van der Waals surface area (Å²) in [6, 6.07) is 6.17. The fourth-order valence-corrected chi connectivity index (χ4v) is 2.36. The first-order chi connectivity index (χ1) is 8.52. The first-order valence-electron chi connectivity index (χ1n) is 5.77. The van der Waals surface area contributed by atoms with E-state index in [0.717, 1.165) is 15.9 Å². The van der Waals surface area contributed by atoms with E-state index in [1.165, 1.54) is 6.07 Å². The van der Waals surface area contributed by atoms with Crippen molar-refractivity contribution in [1.82, 2.24) is 9.78 Å². The van der Waals surface area contributed by atoms with Gasteiger partial charge in [-0.25, -0.2) is 4.39 Å². The third-order valence-corrected chi connectivity index (χ3v) is 3.34. The Hall–Kier alpha value is -1.20. The summed E-state index contributed by atoms with van der Waals surface area (Å²) in [6.07, 6.45) is 0. The monoisotopic (exact) mass is 311 g/mol. The third kappa shape index (κ3) is 2.47. The first kappa shape index (κ1) is 13.2. The fraction of sp³-hybridized carbons (Fsp3) is 0.308. The van der Waals surface area contributed by atoms with Crippen molar-refractivity contribution < 1.29 is 4.39 Å². The van der Waals surface area contributed by atoms with Crippen molar-refractivity contribution >= 4 is 15.9 Å². The lowest BCUT2D eigenvalue weighted by atomic mass is 10.0. The van der Waals surface area contributed by atoms with E-state index in [4.69, 9.17) is 5.73 Å². The number of hydrogen-bond donors (Lipinski definition) is 1. The summed E-state index contributed by atoms with van der Waals surface area (Å²) >= 11 is 3.33. The zero-order valence-electron chi connectivity index (χ0n) is 10.3. The van der Waals surface area contributed by atoms with Gasteiger partial charge in [-0.05, 0) is 38.1 Å². The number of nitrogens with zero attached hydrogens (tertiary/aromatic N) is 2. The summed E-state index contributed by atoms with van der Waals surface area (Å²) in [5, 5.41) is 4.33. The SMILES string of the molecule is CCn1nc(C)cc1C(N)c1cc(Br)ccc1F. The predicted molar refractivity (Wildman–Crippen MR) is 72.8 cm³/mol. The molecule has 2 aromatic rings. The molecule has 1 atom stereocenters. The quantitative estimate of drug-likeness (QED) is 0.946. The Bertz CT molecular complexity index is 565. The molecule has 0 bridgehead atoms. The van der Waals surface area contributed by atoms with Gasteiger partial charge in [0.15, 0.2) is 0 Å². The molecule has 1 aromatic carbocycles. The molecule has 0 saturated carbocycles. The second-order valence-electron chi connectivity index (χ2n) is 4.17. The van der Waals surface area contributed by atoms with Gasteiger partial charge in [-0.2, -0.15) is 5.10 Å². The summed E-state index contributed by atoms with van der Waals surface area (Å²) in [6.45, 7) is 4.60. The van der Waals surface area contributed by atoms with Gasteiger partial charge in [0, 0.05) is 16.6 Å². The lowest BCUT2D eigenvalue weighted by Crippen LogP contribution is -2.18. The van der Waals surface area contributed by atoms with Gasteiger partial charge in [0.1, 0.15) is 5.82 Å². The maximum absolute atomic E-state index is 13.8. The van der Waals surface area contributed by atoms with Crippen molar-refractivity contribution in [2.75, 3.05) is 0 Å². The van der Waals surface area contributed by atoms with Crippen LogP contribution in [-0.4, -0.2) is 9.78 Å². The van der Waals surface area contributed by atoms with Crippen LogP contribution in [0.15, 0.2) is 28.7 Å². The molecule has 1 unspecified atom stereocenters. The molecular weight excluding hydrogens is 297 g/mol. The average molecular weight is 312 g/mol. The van der Waals surface area contributed by atoms with Crippen molar-refractivity contribution in [3.8, 4) is 0 Å². The molecule has 18 heavy (non-hydrogen) atoms. The standard InChI is InChI=1S/C13H15BrFN3/c1-3-18-12(6-8(2)17-18)13(16)10-7-9(14)4-5-11(10)15/h4-7,13H,3,16H2,1-2H3. The molecule has 0 fully saturated rings. The molecule has 96 valence electrons. The Labute approximate surface area is 114 Å². The van der Waals surface area contributed by atoms with E-state index >= 15 is 0 Å². The largest absolute Gasteiger partial charge is 0.319 e. The first-order valence-corrected chi connectivity index (χ1v) is 6.57. The molecule has 0 aliphatic rings. The topological polar surface area (TPSA) is 43.8 Å². The molecule has 0 amide bonds. The molecule has 0 aliphatic carbocycles. The Morgan fingerprint density at radius 1 is 1.44 bits per heavy atom. The number of rotatable bonds is 3. The van der Waals surface area contributed by atoms with E-state index < -0.39 is 6.04 Å². The molecule has 0 saturated heterocycles. The van der Waals surface area contributed by atoms with E-state index in [1.807, 2.05) is 19.9 Å². The fourth-order valence-electron chi connectivity index (χ4n) is 1.98. The summed E-state index contributed by atoms with van der Waals surface area (Å²) in [4.78, 5) is 0. The van der Waals surface area contributed by atoms with Gasteiger partial charge in [0.25, 0.3) is 0 Å². The molecule has 0 aliphatic heterocycles. The van der Waals surface area contributed by atoms with Crippen molar-refractivity contribution in [2.45, 2.75) is 26.4 Å². The summed E-state index contributed by atoms with van der Waals surface area (Å²) in [5.41, 5.74) is 8.34. The third-order valence-electron chi connectivity index (χ3n) is 2.84. The number of halogens is 2. The van der Waals surface area contributed by atoms with Crippen molar-refractivity contribution in [3.05, 3.63) is 51.5 Å². The predicted octanol–water partition coefficient (Wildman–Crippen LogP) is 3.16. The lowest BCUT2D eigenvalue weighted by Gasteiger charge is -2.14. The molecule has 0 radical (unpaired) electrons. The van der Waals surface area contributed by atoms with E-state index in [2.05, 4.69) is 21.0 Å². The zero-order valence-corrected chi connectivity index (χ0v) is 11.9. The lowest BCUT2D eigenvalue weighted by molar-refractivity contribution is 0.566. The Kier molecular flexibility index (Phi) is 3.82. The van der Waals surface area contributed by atoms with Gasteiger partial charge >= 0.3 is 0 Å². The van der Waals surface area contributed by atoms with Crippen LogP contribution in [0.25, 0.3) is 0 Å². The molecule has 0 spiro atoms. The van der Waals surface area contributed by atoms with Crippen LogP contribution < -0.4 is 5.73 Å². The smallest absolute Gasteiger partial charge is 0.128 e. The number of aromatic nitrogens is 2. The second-order valence-corrected chi connectivity index (χ2v) is 5.09. The van der Waals surface area contributed by atoms with Gasteiger partial charge < -0.3 is 5.73 Å². The van der Waals surface area contributed by atoms with Crippen LogP contribution in [0.4, 0.5) is 4.39 Å². The summed E-state index contributed by atoms with van der Waals surface area (Å²) in [7, 11) is 0. The summed E-state index contributed by atoms with van der Waals surface area (Å²) in [5.74, 6) is -0.299. The number of benzene rings is 1. The Morgan fingerprint density at radius 3 is 2.83 bits per heavy atom. The van der Waals surface area contributed by atoms with Crippen LogP contribution in [0, 0.1) is 12.7 Å². The molecule has 1 aromatic heterocycles. The van der Waals surface area contributed by atoms with Crippen LogP contribution in [0.5, 0.6) is 0 Å². The van der Waals surface area contributed by atoms with Crippen molar-refractivity contribution in [3.63, 3.8) is 0 Å². The van der Waals surface area contributed by atoms with E-state index in [1.54, 1.807) is 16.8 Å². The van der Waals surface area contributed by atoms with E-state index in [9.17, 15) is 4.39 Å². The van der Waals surface area contributed by atoms with Crippen LogP contribution in [-0.2, 0) is 6.54 Å². The van der Waals surface area contributed by atoms with Gasteiger partial charge in [-0.1, -0.05) is 15.9 Å². The maximum Gasteiger partial charge on any atom is 0.128 e. The minimum Gasteiger partial charge on any atom is -0.319 e. The molecule has 2 rings (SSSR count). The Morgan fingerprint density at radius 2 is 2.17 bits per heavy atom. The van der Waals surface area contributed by atoms with E-state index in [0.29, 0.717) is 12.1 Å². The molecule has 5 heteroatoms. The molecular formula is C13H15BrFN3. The molecule has 3 nitrogen and oxygen atoms in total. The second kappa shape index (κ2) is 5.20. The highest BCUT2D eigenvalue weighted by Crippen LogP contribution is 2.25. The van der Waals surface area contributed by atoms with Gasteiger partial charge in [0.05, 0.1) is 17.4 Å². The van der Waals surface area contributed by atoms with Crippen LogP contribution in [0.1, 0.15) is 29.9 Å². The minimum absolute atomic E-state index is 0.299.